The van der Waals surface area contributed by atoms with E-state index in [1.807, 2.05) is 3.28 Å². The molecule has 0 fully saturated rings. The molecule has 2 aliphatic carbocycles. The van der Waals surface area contributed by atoms with Gasteiger partial charge in [-0.05, 0) is 0 Å². The summed E-state index contributed by atoms with van der Waals surface area (Å²) in [5.74, 6) is -1.13. The van der Waals surface area contributed by atoms with E-state index in [9.17, 15) is 0 Å². The molecule has 0 heterocycles. The number of hydrogen-bond donors (Lipinski definition) is 0. The molecule has 0 aliphatic heterocycles. The van der Waals surface area contributed by atoms with Gasteiger partial charge in [0.2, 0.25) is 0 Å². The molecular formula is C32H29SiZr. The van der Waals surface area contributed by atoms with Crippen LogP contribution in [0.15, 0.2) is 125 Å². The van der Waals surface area contributed by atoms with Crippen molar-refractivity contribution in [1.29, 1.82) is 0 Å². The van der Waals surface area contributed by atoms with Crippen molar-refractivity contribution >= 4 is 9.19 Å². The second-order valence-electron chi connectivity index (χ2n) is 9.48. The van der Waals surface area contributed by atoms with Gasteiger partial charge in [0, 0.05) is 0 Å². The number of rotatable bonds is 7. The predicted molar refractivity (Wildman–Crippen MR) is 144 cm³/mol. The van der Waals surface area contributed by atoms with Crippen LogP contribution in [-0.4, -0.2) is 5.92 Å². The molecule has 0 bridgehead atoms. The van der Waals surface area contributed by atoms with Crippen molar-refractivity contribution in [2.24, 2.45) is 0 Å². The van der Waals surface area contributed by atoms with Crippen LogP contribution in [0.1, 0.15) is 28.7 Å². The minimum atomic E-state index is -2.12. The molecule has 0 amide bonds. The summed E-state index contributed by atoms with van der Waals surface area (Å²) in [7, 11) is 0. The normalized spacial score (nSPS) is 13.6. The summed E-state index contributed by atoms with van der Waals surface area (Å²) >= 11 is -2.12. The second-order valence-corrected chi connectivity index (χ2v) is 26.1. The third kappa shape index (κ3) is 4.42. The van der Waals surface area contributed by atoms with Crippen molar-refractivity contribution in [2.75, 3.05) is 0 Å². The Morgan fingerprint density at radius 1 is 0.647 bits per heavy atom. The molecule has 0 atom stereocenters. The van der Waals surface area contributed by atoms with Gasteiger partial charge in [0.05, 0.1) is 0 Å². The molecule has 0 spiro atoms. The Labute approximate surface area is 211 Å². The fraction of sp³-hybridized carbons (Fsp3) is 0.125. The number of fused-ring (bicyclic) bond motifs is 3. The van der Waals surface area contributed by atoms with Crippen LogP contribution in [0.25, 0.3) is 11.1 Å². The maximum atomic E-state index is 2.54. The van der Waals surface area contributed by atoms with Crippen LogP contribution < -0.4 is 3.27 Å². The van der Waals surface area contributed by atoms with Gasteiger partial charge in [-0.2, -0.15) is 0 Å². The quantitative estimate of drug-likeness (QED) is 0.206. The molecule has 0 unspecified atom stereocenters. The zero-order valence-corrected chi connectivity index (χ0v) is 23.1. The Morgan fingerprint density at radius 2 is 1.29 bits per heavy atom. The molecule has 2 heteroatoms. The first-order valence-electron chi connectivity index (χ1n) is 12.4. The van der Waals surface area contributed by atoms with Crippen LogP contribution >= 0.6 is 0 Å². The topological polar surface area (TPSA) is 0 Å². The van der Waals surface area contributed by atoms with Crippen molar-refractivity contribution in [3.63, 3.8) is 0 Å². The van der Waals surface area contributed by atoms with Crippen molar-refractivity contribution in [3.8, 4) is 11.1 Å². The third-order valence-electron chi connectivity index (χ3n) is 7.32. The summed E-state index contributed by atoms with van der Waals surface area (Å²) in [6.45, 7) is 0. The average molecular weight is 533 g/mol. The van der Waals surface area contributed by atoms with E-state index in [0.717, 1.165) is 6.42 Å². The van der Waals surface area contributed by atoms with Gasteiger partial charge < -0.3 is 0 Å². The molecule has 6 rings (SSSR count). The second kappa shape index (κ2) is 9.98. The Morgan fingerprint density at radius 3 is 1.97 bits per heavy atom. The average Bonchev–Trinajstić information content (AvgIpc) is 3.54. The zero-order chi connectivity index (χ0) is 22.7. The van der Waals surface area contributed by atoms with E-state index in [-0.39, 0.29) is 0 Å². The molecule has 4 aromatic rings. The summed E-state index contributed by atoms with van der Waals surface area (Å²) in [6, 6.07) is 41.6. The van der Waals surface area contributed by atoms with E-state index in [2.05, 4.69) is 121 Å². The van der Waals surface area contributed by atoms with Gasteiger partial charge in [-0.25, -0.2) is 0 Å². The third-order valence-corrected chi connectivity index (χ3v) is 28.3. The van der Waals surface area contributed by atoms with Crippen LogP contribution in [0.4, 0.5) is 0 Å². The number of hydrogen-bond acceptors (Lipinski definition) is 0. The zero-order valence-electron chi connectivity index (χ0n) is 19.5. The van der Waals surface area contributed by atoms with Gasteiger partial charge in [0.1, 0.15) is 0 Å². The Bertz CT molecular complexity index is 1310. The van der Waals surface area contributed by atoms with E-state index in [4.69, 9.17) is 0 Å². The van der Waals surface area contributed by atoms with Crippen LogP contribution in [0.5, 0.6) is 0 Å². The SMILES string of the molecule is C1=CC[C]([Zr]([c]2cccc3c2Cc2ccccc2-3)[SiH](Cc2ccccc2)Cc2ccccc2)=C1. The van der Waals surface area contributed by atoms with E-state index in [1.165, 1.54) is 46.3 Å². The van der Waals surface area contributed by atoms with Gasteiger partial charge in [0.15, 0.2) is 0 Å². The fourth-order valence-electron chi connectivity index (χ4n) is 5.79. The van der Waals surface area contributed by atoms with Gasteiger partial charge >= 0.3 is 213 Å². The Hall–Kier alpha value is -2.54. The summed E-state index contributed by atoms with van der Waals surface area (Å²) in [6.07, 6.45) is 9.52. The van der Waals surface area contributed by atoms with Crippen LogP contribution in [0, 0.1) is 0 Å². The molecule has 0 saturated heterocycles. The molecule has 0 nitrogen and oxygen atoms in total. The van der Waals surface area contributed by atoms with Crippen molar-refractivity contribution in [3.05, 3.63) is 147 Å². The molecule has 165 valence electrons. The molecule has 4 aromatic carbocycles. The van der Waals surface area contributed by atoms with Gasteiger partial charge in [-0.3, -0.25) is 0 Å². The monoisotopic (exact) mass is 531 g/mol. The van der Waals surface area contributed by atoms with Gasteiger partial charge in [-0.1, -0.05) is 0 Å². The summed E-state index contributed by atoms with van der Waals surface area (Å²) in [5, 5.41) is 0. The van der Waals surface area contributed by atoms with Gasteiger partial charge in [0.25, 0.3) is 0 Å². The molecule has 0 aromatic heterocycles. The molecule has 0 N–H and O–H groups in total. The van der Waals surface area contributed by atoms with E-state index in [1.54, 1.807) is 8.83 Å². The number of benzene rings is 4. The van der Waals surface area contributed by atoms with Crippen LogP contribution in [0.2, 0.25) is 0 Å². The van der Waals surface area contributed by atoms with Crippen LogP contribution in [-0.2, 0) is 39.4 Å². The summed E-state index contributed by atoms with van der Waals surface area (Å²) < 4.78 is 3.60. The van der Waals surface area contributed by atoms with E-state index >= 15 is 0 Å². The first-order valence-corrected chi connectivity index (χ1v) is 21.3. The summed E-state index contributed by atoms with van der Waals surface area (Å²) in [4.78, 5) is 0. The summed E-state index contributed by atoms with van der Waals surface area (Å²) in [5.41, 5.74) is 9.21. The standard InChI is InChI=1S/C14H15Si.C13H9.C5H5.Zr/c1-3-7-13(8-4-1)11-15-12-14-9-5-2-6-10-14;1-3-7-12-10(5-1)9-11-6-2-4-8-13(11)12;1-2-4-5-3-1;/h1-10,15H,11-12H2;1-5,7-8H,9H2;1-3H,4H2;. The molecule has 0 radical (unpaired) electrons. The Balaban J connectivity index is 1.46. The van der Waals surface area contributed by atoms with E-state index < -0.39 is 26.8 Å². The van der Waals surface area contributed by atoms with Crippen molar-refractivity contribution in [2.45, 2.75) is 24.9 Å². The number of allylic oxidation sites excluding steroid dienone is 4. The first kappa shape index (κ1) is 22.0. The Kier molecular flexibility index (Phi) is 6.45. The fourth-order valence-corrected chi connectivity index (χ4v) is 29.8. The predicted octanol–water partition coefficient (Wildman–Crippen LogP) is 6.63. The van der Waals surface area contributed by atoms with Gasteiger partial charge in [-0.15, -0.1) is 0 Å². The van der Waals surface area contributed by atoms with Crippen molar-refractivity contribution in [1.82, 2.24) is 0 Å². The molecule has 34 heavy (non-hydrogen) atoms. The van der Waals surface area contributed by atoms with Crippen LogP contribution in [0.3, 0.4) is 0 Å². The molecule has 0 saturated carbocycles. The first-order chi connectivity index (χ1) is 16.9. The molecule has 2 aliphatic rings. The maximum absolute atomic E-state index is 2.54. The van der Waals surface area contributed by atoms with Crippen molar-refractivity contribution < 1.29 is 20.9 Å². The van der Waals surface area contributed by atoms with E-state index in [0.29, 0.717) is 0 Å². The minimum absolute atomic E-state index is 1.12. The molecular weight excluding hydrogens is 504 g/mol.